The number of hydrogen-bond acceptors (Lipinski definition) is 4. The maximum atomic E-state index is 13.6. The van der Waals surface area contributed by atoms with Crippen LogP contribution in [0.4, 0.5) is 4.39 Å². The molecule has 1 fully saturated rings. The molecule has 1 aliphatic rings. The van der Waals surface area contributed by atoms with Gasteiger partial charge in [0.1, 0.15) is 6.10 Å². The molecule has 0 saturated carbocycles. The number of amides is 1. The molecule has 1 atom stereocenters. The number of carbonyl (C=O) groups is 1. The predicted molar refractivity (Wildman–Crippen MR) is 85.9 cm³/mol. The van der Waals surface area contributed by atoms with E-state index in [2.05, 4.69) is 10.6 Å². The topological polar surface area (TPSA) is 59.6 Å². The number of ether oxygens (including phenoxy) is 2. The number of piperidine rings is 1. The van der Waals surface area contributed by atoms with E-state index < -0.39 is 11.2 Å². The largest absolute Gasteiger partial charge is 0.486 e. The number of rotatable bonds is 7. The summed E-state index contributed by atoms with van der Waals surface area (Å²) in [7, 11) is 1.61. The number of benzene rings is 1. The van der Waals surface area contributed by atoms with Gasteiger partial charge in [0.25, 0.3) is 0 Å². The van der Waals surface area contributed by atoms with Crippen LogP contribution in [0.1, 0.15) is 19.8 Å². The fourth-order valence-electron chi connectivity index (χ4n) is 2.84. The second-order valence-electron chi connectivity index (χ2n) is 6.03. The highest BCUT2D eigenvalue weighted by molar-refractivity contribution is 5.83. The van der Waals surface area contributed by atoms with Gasteiger partial charge in [-0.3, -0.25) is 4.79 Å². The summed E-state index contributed by atoms with van der Waals surface area (Å²) in [5.41, 5.74) is -0.488. The van der Waals surface area contributed by atoms with Gasteiger partial charge < -0.3 is 20.1 Å². The van der Waals surface area contributed by atoms with Gasteiger partial charge >= 0.3 is 0 Å². The lowest BCUT2D eigenvalue weighted by Gasteiger charge is -2.35. The summed E-state index contributed by atoms with van der Waals surface area (Å²) >= 11 is 0. The molecule has 1 aromatic rings. The van der Waals surface area contributed by atoms with Gasteiger partial charge in [0, 0.05) is 7.11 Å². The zero-order valence-corrected chi connectivity index (χ0v) is 13.7. The Hall–Kier alpha value is -1.66. The van der Waals surface area contributed by atoms with Gasteiger partial charge in [-0.25, -0.2) is 4.39 Å². The molecule has 0 aliphatic carbocycles. The van der Waals surface area contributed by atoms with E-state index in [1.807, 2.05) is 0 Å². The van der Waals surface area contributed by atoms with E-state index in [-0.39, 0.29) is 17.8 Å². The number of nitrogens with one attached hydrogen (secondary N) is 2. The molecule has 0 bridgehead atoms. The van der Waals surface area contributed by atoms with Crippen molar-refractivity contribution in [3.63, 3.8) is 0 Å². The molecule has 1 saturated heterocycles. The first-order valence-electron chi connectivity index (χ1n) is 7.96. The Bertz CT molecular complexity index is 513. The maximum Gasteiger partial charge on any atom is 0.228 e. The van der Waals surface area contributed by atoms with Crippen LogP contribution in [-0.2, 0) is 9.53 Å². The molecule has 5 nitrogen and oxygen atoms in total. The first-order valence-corrected chi connectivity index (χ1v) is 7.96. The Labute approximate surface area is 136 Å². The predicted octanol–water partition coefficient (Wildman–Crippen LogP) is 1.73. The van der Waals surface area contributed by atoms with E-state index in [0.29, 0.717) is 13.2 Å². The minimum Gasteiger partial charge on any atom is -0.486 e. The zero-order chi connectivity index (χ0) is 16.7. The molecule has 0 radical (unpaired) electrons. The SMILES string of the molecule is COCC1(C(=O)NCC(C)Oc2ccccc2F)CCNCC1. The summed E-state index contributed by atoms with van der Waals surface area (Å²) < 4.78 is 24.4. The highest BCUT2D eigenvalue weighted by Crippen LogP contribution is 2.29. The molecule has 2 rings (SSSR count). The molecule has 1 heterocycles. The summed E-state index contributed by atoms with van der Waals surface area (Å²) in [6.45, 7) is 4.14. The summed E-state index contributed by atoms with van der Waals surface area (Å²) in [5, 5.41) is 6.18. The minimum absolute atomic E-state index is 0.0233. The highest BCUT2D eigenvalue weighted by atomic mass is 19.1. The maximum absolute atomic E-state index is 13.6. The third-order valence-corrected chi connectivity index (χ3v) is 4.18. The second kappa shape index (κ2) is 8.26. The standard InChI is InChI=1S/C17H25FN2O3/c1-13(23-15-6-4-3-5-14(15)18)11-20-16(21)17(12-22-2)7-9-19-10-8-17/h3-6,13,19H,7-12H2,1-2H3,(H,20,21). The minimum atomic E-state index is -0.488. The van der Waals surface area contributed by atoms with Crippen LogP contribution in [0.15, 0.2) is 24.3 Å². The smallest absolute Gasteiger partial charge is 0.228 e. The van der Waals surface area contributed by atoms with Crippen molar-refractivity contribution in [2.45, 2.75) is 25.9 Å². The Morgan fingerprint density at radius 2 is 2.09 bits per heavy atom. The molecule has 1 unspecified atom stereocenters. The fraction of sp³-hybridized carbons (Fsp3) is 0.588. The van der Waals surface area contributed by atoms with Gasteiger partial charge in [-0.2, -0.15) is 0 Å². The Morgan fingerprint density at radius 3 is 2.74 bits per heavy atom. The highest BCUT2D eigenvalue weighted by Gasteiger charge is 2.39. The lowest BCUT2D eigenvalue weighted by Crippen LogP contribution is -2.51. The molecular formula is C17H25FN2O3. The van der Waals surface area contributed by atoms with Gasteiger partial charge in [0.2, 0.25) is 5.91 Å². The van der Waals surface area contributed by atoms with Crippen LogP contribution >= 0.6 is 0 Å². The van der Waals surface area contributed by atoms with Crippen molar-refractivity contribution in [2.75, 3.05) is 33.4 Å². The molecule has 1 amide bonds. The molecule has 0 spiro atoms. The molecule has 6 heteroatoms. The van der Waals surface area contributed by atoms with Crippen LogP contribution in [0.2, 0.25) is 0 Å². The Balaban J connectivity index is 1.88. The van der Waals surface area contributed by atoms with Crippen molar-refractivity contribution in [3.8, 4) is 5.75 Å². The lowest BCUT2D eigenvalue weighted by molar-refractivity contribution is -0.136. The average Bonchev–Trinajstić information content (AvgIpc) is 2.56. The van der Waals surface area contributed by atoms with Crippen molar-refractivity contribution in [1.82, 2.24) is 10.6 Å². The molecule has 1 aliphatic heterocycles. The number of methoxy groups -OCH3 is 1. The first kappa shape index (κ1) is 17.7. The third-order valence-electron chi connectivity index (χ3n) is 4.18. The molecule has 128 valence electrons. The summed E-state index contributed by atoms with van der Waals surface area (Å²) in [6, 6.07) is 6.25. The molecule has 2 N–H and O–H groups in total. The van der Waals surface area contributed by atoms with Gasteiger partial charge in [-0.1, -0.05) is 12.1 Å². The Kier molecular flexibility index (Phi) is 6.36. The van der Waals surface area contributed by atoms with E-state index >= 15 is 0 Å². The van der Waals surface area contributed by atoms with Crippen molar-refractivity contribution < 1.29 is 18.7 Å². The summed E-state index contributed by atoms with van der Waals surface area (Å²) in [6.07, 6.45) is 1.17. The Morgan fingerprint density at radius 1 is 1.39 bits per heavy atom. The number of halogens is 1. The van der Waals surface area contributed by atoms with Gasteiger partial charge in [-0.05, 0) is 45.0 Å². The summed E-state index contributed by atoms with van der Waals surface area (Å²) in [5.74, 6) is -0.229. The van der Waals surface area contributed by atoms with E-state index in [1.54, 1.807) is 32.2 Å². The van der Waals surface area contributed by atoms with Crippen LogP contribution in [0, 0.1) is 11.2 Å². The monoisotopic (exact) mass is 324 g/mol. The average molecular weight is 324 g/mol. The van der Waals surface area contributed by atoms with Gasteiger partial charge in [0.05, 0.1) is 18.6 Å². The lowest BCUT2D eigenvalue weighted by atomic mass is 9.78. The molecule has 0 aromatic heterocycles. The normalized spacial score (nSPS) is 18.2. The van der Waals surface area contributed by atoms with Crippen molar-refractivity contribution in [2.24, 2.45) is 5.41 Å². The van der Waals surface area contributed by atoms with Crippen LogP contribution in [0.5, 0.6) is 5.75 Å². The van der Waals surface area contributed by atoms with Crippen LogP contribution in [0.25, 0.3) is 0 Å². The number of carbonyl (C=O) groups excluding carboxylic acids is 1. The first-order chi connectivity index (χ1) is 11.1. The number of hydrogen-bond donors (Lipinski definition) is 2. The molecular weight excluding hydrogens is 299 g/mol. The van der Waals surface area contributed by atoms with Crippen molar-refractivity contribution in [3.05, 3.63) is 30.1 Å². The van der Waals surface area contributed by atoms with Crippen molar-refractivity contribution >= 4 is 5.91 Å². The van der Waals surface area contributed by atoms with E-state index in [1.165, 1.54) is 6.07 Å². The van der Waals surface area contributed by atoms with Crippen LogP contribution in [0.3, 0.4) is 0 Å². The van der Waals surface area contributed by atoms with E-state index in [9.17, 15) is 9.18 Å². The zero-order valence-electron chi connectivity index (χ0n) is 13.7. The second-order valence-corrected chi connectivity index (χ2v) is 6.03. The van der Waals surface area contributed by atoms with E-state index in [4.69, 9.17) is 9.47 Å². The molecule has 1 aromatic carbocycles. The quantitative estimate of drug-likeness (QED) is 0.802. The third kappa shape index (κ3) is 4.65. The summed E-state index contributed by atoms with van der Waals surface area (Å²) in [4.78, 5) is 12.6. The van der Waals surface area contributed by atoms with Crippen molar-refractivity contribution in [1.29, 1.82) is 0 Å². The number of para-hydroxylation sites is 1. The van der Waals surface area contributed by atoms with E-state index in [0.717, 1.165) is 25.9 Å². The van der Waals surface area contributed by atoms with Gasteiger partial charge in [-0.15, -0.1) is 0 Å². The molecule has 23 heavy (non-hydrogen) atoms. The van der Waals surface area contributed by atoms with Gasteiger partial charge in [0.15, 0.2) is 11.6 Å². The van der Waals surface area contributed by atoms with Crippen LogP contribution < -0.4 is 15.4 Å². The van der Waals surface area contributed by atoms with Crippen LogP contribution in [-0.4, -0.2) is 45.4 Å². The fourth-order valence-corrected chi connectivity index (χ4v) is 2.84.